The minimum atomic E-state index is -4.81. The Bertz CT molecular complexity index is 1060. The van der Waals surface area contributed by atoms with Crippen molar-refractivity contribution in [1.82, 2.24) is 0 Å². The Balaban J connectivity index is 1.59. The molecule has 2 aromatic rings. The van der Waals surface area contributed by atoms with E-state index in [1.165, 1.54) is 12.1 Å². The lowest BCUT2D eigenvalue weighted by Gasteiger charge is -2.27. The number of phosphoric acid groups is 1. The third kappa shape index (κ3) is 8.20. The van der Waals surface area contributed by atoms with E-state index in [1.807, 2.05) is 18.2 Å². The molecule has 1 heterocycles. The van der Waals surface area contributed by atoms with Gasteiger partial charge in [0.15, 0.2) is 0 Å². The average molecular weight is 519 g/mol. The first kappa shape index (κ1) is 27.4. The second kappa shape index (κ2) is 11.3. The van der Waals surface area contributed by atoms with E-state index in [0.717, 1.165) is 29.4 Å². The highest BCUT2D eigenvalue weighted by Crippen LogP contribution is 2.38. The summed E-state index contributed by atoms with van der Waals surface area (Å²) in [6.07, 6.45) is -2.65. The van der Waals surface area contributed by atoms with E-state index in [-0.39, 0.29) is 30.8 Å². The van der Waals surface area contributed by atoms with Crippen molar-refractivity contribution in [3.05, 3.63) is 58.7 Å². The zero-order valence-corrected chi connectivity index (χ0v) is 19.9. The monoisotopic (exact) mass is 519 g/mol. The summed E-state index contributed by atoms with van der Waals surface area (Å²) >= 11 is 0. The zero-order chi connectivity index (χ0) is 25.7. The minimum Gasteiger partial charge on any atom is -0.493 e. The first-order chi connectivity index (χ1) is 16.4. The summed E-state index contributed by atoms with van der Waals surface area (Å²) in [4.78, 5) is 17.6. The molecule has 0 amide bonds. The van der Waals surface area contributed by atoms with Gasteiger partial charge in [0.25, 0.3) is 0 Å². The summed E-state index contributed by atoms with van der Waals surface area (Å²) < 4.78 is 67.1. The van der Waals surface area contributed by atoms with Crippen LogP contribution < -0.4 is 15.2 Å². The van der Waals surface area contributed by atoms with Crippen molar-refractivity contribution in [2.24, 2.45) is 5.73 Å². The van der Waals surface area contributed by atoms with Gasteiger partial charge in [0.2, 0.25) is 0 Å². The van der Waals surface area contributed by atoms with Gasteiger partial charge in [-0.25, -0.2) is 4.57 Å². The van der Waals surface area contributed by atoms with Crippen LogP contribution in [0, 0.1) is 0 Å². The molecule has 0 bridgehead atoms. The topological polar surface area (TPSA) is 131 Å². The Morgan fingerprint density at radius 2 is 1.80 bits per heavy atom. The highest BCUT2D eigenvalue weighted by Gasteiger charge is 2.35. The number of fused-ring (bicyclic) bond motifs is 1. The lowest BCUT2D eigenvalue weighted by Crippen LogP contribution is -2.48. The fourth-order valence-electron chi connectivity index (χ4n) is 3.74. The third-order valence-electron chi connectivity index (χ3n) is 5.72. The van der Waals surface area contributed by atoms with Gasteiger partial charge in [0.05, 0.1) is 37.5 Å². The fraction of sp³-hybridized carbons (Fsp3) is 0.478. The van der Waals surface area contributed by atoms with Crippen LogP contribution >= 0.6 is 7.82 Å². The molecule has 0 radical (unpaired) electrons. The molecule has 3 rings (SSSR count). The predicted molar refractivity (Wildman–Crippen MR) is 121 cm³/mol. The van der Waals surface area contributed by atoms with Crippen LogP contribution in [0.5, 0.6) is 11.5 Å². The lowest BCUT2D eigenvalue weighted by molar-refractivity contribution is -0.139. The number of rotatable bonds is 12. The molecule has 5 N–H and O–H groups in total. The number of halogens is 3. The number of aliphatic hydroxyl groups is 1. The van der Waals surface area contributed by atoms with E-state index in [4.69, 9.17) is 25.0 Å². The number of alkyl halides is 3. The number of nitrogens with two attached hydrogens (primary N) is 1. The number of phosphoric ester groups is 1. The fourth-order valence-corrected chi connectivity index (χ4v) is 4.16. The van der Waals surface area contributed by atoms with E-state index in [2.05, 4.69) is 4.52 Å². The maximum Gasteiger partial charge on any atom is 0.469 e. The van der Waals surface area contributed by atoms with Crippen molar-refractivity contribution >= 4 is 7.82 Å². The summed E-state index contributed by atoms with van der Waals surface area (Å²) in [6, 6.07) is 9.56. The van der Waals surface area contributed by atoms with Gasteiger partial charge in [0.1, 0.15) is 11.5 Å². The van der Waals surface area contributed by atoms with E-state index in [1.54, 1.807) is 0 Å². The van der Waals surface area contributed by atoms with E-state index >= 15 is 0 Å². The number of hydrogen-bond donors (Lipinski definition) is 4. The Morgan fingerprint density at radius 3 is 2.49 bits per heavy atom. The molecule has 1 unspecified atom stereocenters. The van der Waals surface area contributed by atoms with Crippen LogP contribution in [-0.4, -0.2) is 46.9 Å². The van der Waals surface area contributed by atoms with Crippen molar-refractivity contribution in [3.8, 4) is 11.5 Å². The van der Waals surface area contributed by atoms with E-state index in [9.17, 15) is 22.8 Å². The third-order valence-corrected chi connectivity index (χ3v) is 6.18. The highest BCUT2D eigenvalue weighted by molar-refractivity contribution is 7.46. The van der Waals surface area contributed by atoms with E-state index in [0.29, 0.717) is 19.4 Å². The number of hydrogen-bond acceptors (Lipinski definition) is 6. The van der Waals surface area contributed by atoms with Gasteiger partial charge < -0.3 is 30.1 Å². The lowest BCUT2D eigenvalue weighted by atomic mass is 9.93. The number of aliphatic hydroxyl groups excluding tert-OH is 1. The van der Waals surface area contributed by atoms with Gasteiger partial charge in [-0.2, -0.15) is 13.2 Å². The second-order valence-electron chi connectivity index (χ2n) is 8.61. The molecule has 1 aliphatic heterocycles. The standard InChI is InChI=1S/C23H29F3NO7P/c24-23(25,26)19-13-17(7-9-22(27,14-28)15-34-35(29,30)31)4-6-21(19)32-10-1-2-16-3-5-20-18(12-16)8-11-33-20/h3-6,12-13,28H,1-2,7-11,14-15,27H2,(H2,29,30,31). The molecule has 2 aromatic carbocycles. The molecular weight excluding hydrogens is 490 g/mol. The molecule has 12 heteroatoms. The summed E-state index contributed by atoms with van der Waals surface area (Å²) in [5.41, 5.74) is 5.92. The average Bonchev–Trinajstić information content (AvgIpc) is 3.26. The summed E-state index contributed by atoms with van der Waals surface area (Å²) in [7, 11) is -4.81. The highest BCUT2D eigenvalue weighted by atomic mass is 31.2. The molecule has 8 nitrogen and oxygen atoms in total. The Labute approximate surface area is 201 Å². The van der Waals surface area contributed by atoms with Crippen molar-refractivity contribution in [2.45, 2.75) is 43.8 Å². The van der Waals surface area contributed by atoms with Crippen LogP contribution in [0.4, 0.5) is 13.2 Å². The molecule has 1 atom stereocenters. The molecular formula is C23H29F3NO7P. The summed E-state index contributed by atoms with van der Waals surface area (Å²) in [6.45, 7) is -0.562. The molecule has 0 aromatic heterocycles. The zero-order valence-electron chi connectivity index (χ0n) is 19.0. The van der Waals surface area contributed by atoms with Gasteiger partial charge in [-0.3, -0.25) is 4.52 Å². The van der Waals surface area contributed by atoms with Crippen LogP contribution in [0.25, 0.3) is 0 Å². The summed E-state index contributed by atoms with van der Waals surface area (Å²) in [5.74, 6) is 0.592. The van der Waals surface area contributed by atoms with E-state index < -0.39 is 38.3 Å². The first-order valence-corrected chi connectivity index (χ1v) is 12.6. The maximum atomic E-state index is 13.7. The smallest absolute Gasteiger partial charge is 0.469 e. The Kier molecular flexibility index (Phi) is 8.85. The van der Waals surface area contributed by atoms with Crippen molar-refractivity contribution in [2.75, 3.05) is 26.4 Å². The molecule has 0 spiro atoms. The van der Waals surface area contributed by atoms with Crippen LogP contribution in [0.1, 0.15) is 35.1 Å². The Morgan fingerprint density at radius 1 is 1.09 bits per heavy atom. The van der Waals surface area contributed by atoms with Crippen LogP contribution in [0.15, 0.2) is 36.4 Å². The SMILES string of the molecule is NC(CO)(CCc1ccc(OCCCc2ccc3c(c2)CCO3)c(C(F)(F)F)c1)COP(=O)(O)O. The predicted octanol–water partition coefficient (Wildman–Crippen LogP) is 3.38. The number of benzene rings is 2. The van der Waals surface area contributed by atoms with Gasteiger partial charge in [0, 0.05) is 6.42 Å². The quantitative estimate of drug-likeness (QED) is 0.248. The summed E-state index contributed by atoms with van der Waals surface area (Å²) in [5, 5.41) is 9.47. The maximum absolute atomic E-state index is 13.7. The Hall–Kier alpha value is -2.14. The van der Waals surface area contributed by atoms with Crippen LogP contribution in [-0.2, 0) is 34.5 Å². The molecule has 0 saturated carbocycles. The molecule has 35 heavy (non-hydrogen) atoms. The normalized spacial score (nSPS) is 15.4. The first-order valence-electron chi connectivity index (χ1n) is 11.1. The van der Waals surface area contributed by atoms with Gasteiger partial charge in [-0.1, -0.05) is 18.2 Å². The molecule has 0 aliphatic carbocycles. The van der Waals surface area contributed by atoms with Gasteiger partial charge in [-0.05, 0) is 60.6 Å². The minimum absolute atomic E-state index is 0.0208. The molecule has 1 aliphatic rings. The second-order valence-corrected chi connectivity index (χ2v) is 9.84. The molecule has 0 saturated heterocycles. The largest absolute Gasteiger partial charge is 0.493 e. The van der Waals surface area contributed by atoms with Crippen molar-refractivity contribution < 1.29 is 46.6 Å². The van der Waals surface area contributed by atoms with Crippen LogP contribution in [0.3, 0.4) is 0 Å². The molecule has 194 valence electrons. The van der Waals surface area contributed by atoms with Crippen LogP contribution in [0.2, 0.25) is 0 Å². The van der Waals surface area contributed by atoms with Gasteiger partial charge in [-0.15, -0.1) is 0 Å². The number of ether oxygens (including phenoxy) is 2. The molecule has 0 fully saturated rings. The van der Waals surface area contributed by atoms with Crippen molar-refractivity contribution in [3.63, 3.8) is 0 Å². The number of aryl methyl sites for hydroxylation is 2. The van der Waals surface area contributed by atoms with Crippen molar-refractivity contribution in [1.29, 1.82) is 0 Å². The van der Waals surface area contributed by atoms with Gasteiger partial charge >= 0.3 is 14.0 Å².